The summed E-state index contributed by atoms with van der Waals surface area (Å²) in [4.78, 5) is 18.8. The fourth-order valence-corrected chi connectivity index (χ4v) is 4.65. The predicted molar refractivity (Wildman–Crippen MR) is 91.0 cm³/mol. The van der Waals surface area contributed by atoms with E-state index in [-0.39, 0.29) is 12.1 Å². The van der Waals surface area contributed by atoms with E-state index in [9.17, 15) is 4.79 Å². The smallest absolute Gasteiger partial charge is 0.317 e. The number of hydrogen-bond acceptors (Lipinski definition) is 3. The Morgan fingerprint density at radius 2 is 2.14 bits per heavy atom. The molecule has 2 saturated heterocycles. The van der Waals surface area contributed by atoms with Gasteiger partial charge < -0.3 is 10.2 Å². The topological polar surface area (TPSA) is 45.2 Å². The van der Waals surface area contributed by atoms with Crippen LogP contribution in [-0.2, 0) is 0 Å². The van der Waals surface area contributed by atoms with Crippen LogP contribution in [0.25, 0.3) is 0 Å². The molecule has 5 heteroatoms. The van der Waals surface area contributed by atoms with Gasteiger partial charge in [-0.1, -0.05) is 12.8 Å². The summed E-state index contributed by atoms with van der Waals surface area (Å²) in [6.45, 7) is 1.68. The van der Waals surface area contributed by atoms with E-state index in [1.165, 1.54) is 36.3 Å². The number of rotatable bonds is 3. The predicted octanol–water partition coefficient (Wildman–Crippen LogP) is 3.46. The number of nitrogens with one attached hydrogen (secondary N) is 1. The Morgan fingerprint density at radius 3 is 2.91 bits per heavy atom. The van der Waals surface area contributed by atoms with Crippen LogP contribution in [0.15, 0.2) is 24.5 Å². The minimum absolute atomic E-state index is 0.112. The Balaban J connectivity index is 1.65. The highest BCUT2D eigenvalue weighted by Gasteiger charge is 2.27. The van der Waals surface area contributed by atoms with Gasteiger partial charge in [0.2, 0.25) is 0 Å². The van der Waals surface area contributed by atoms with Gasteiger partial charge in [0.1, 0.15) is 0 Å². The summed E-state index contributed by atoms with van der Waals surface area (Å²) in [6, 6.07) is 4.40. The first kappa shape index (κ1) is 15.7. The molecule has 120 valence electrons. The van der Waals surface area contributed by atoms with Crippen molar-refractivity contribution in [1.29, 1.82) is 0 Å². The molecular weight excluding hydrogens is 294 g/mol. The van der Waals surface area contributed by atoms with E-state index in [1.807, 2.05) is 41.2 Å². The van der Waals surface area contributed by atoms with Gasteiger partial charge in [0.25, 0.3) is 0 Å². The third-order valence-corrected chi connectivity index (χ3v) is 5.90. The maximum Gasteiger partial charge on any atom is 0.317 e. The average molecular weight is 319 g/mol. The van der Waals surface area contributed by atoms with Crippen molar-refractivity contribution >= 4 is 17.8 Å². The highest BCUT2D eigenvalue weighted by molar-refractivity contribution is 7.99. The molecule has 0 radical (unpaired) electrons. The number of hydrogen-bond donors (Lipinski definition) is 1. The van der Waals surface area contributed by atoms with Crippen molar-refractivity contribution in [1.82, 2.24) is 15.2 Å². The van der Waals surface area contributed by atoms with Crippen molar-refractivity contribution in [2.75, 3.05) is 24.6 Å². The van der Waals surface area contributed by atoms with Crippen LogP contribution in [0.3, 0.4) is 0 Å². The highest BCUT2D eigenvalue weighted by atomic mass is 32.2. The van der Waals surface area contributed by atoms with Crippen molar-refractivity contribution in [3.05, 3.63) is 30.1 Å². The lowest BCUT2D eigenvalue weighted by atomic mass is 10.0. The molecule has 0 bridgehead atoms. The fraction of sp³-hybridized carbons (Fsp3) is 0.647. The summed E-state index contributed by atoms with van der Waals surface area (Å²) in [5.74, 6) is 3.08. The third kappa shape index (κ3) is 3.94. The number of urea groups is 1. The van der Waals surface area contributed by atoms with Gasteiger partial charge in [-0.25, -0.2) is 4.79 Å². The number of carbonyl (C=O) groups is 1. The third-order valence-electron chi connectivity index (χ3n) is 4.67. The lowest BCUT2D eigenvalue weighted by Gasteiger charge is -2.31. The number of pyridine rings is 1. The zero-order chi connectivity index (χ0) is 15.2. The Labute approximate surface area is 137 Å². The van der Waals surface area contributed by atoms with E-state index >= 15 is 0 Å². The molecule has 0 spiro atoms. The summed E-state index contributed by atoms with van der Waals surface area (Å²) in [6.07, 6.45) is 9.45. The van der Waals surface area contributed by atoms with Gasteiger partial charge >= 0.3 is 6.03 Å². The Hall–Kier alpha value is -1.23. The van der Waals surface area contributed by atoms with Crippen LogP contribution >= 0.6 is 11.8 Å². The maximum atomic E-state index is 12.7. The van der Waals surface area contributed by atoms with Gasteiger partial charge in [0.05, 0.1) is 6.04 Å². The van der Waals surface area contributed by atoms with E-state index in [4.69, 9.17) is 0 Å². The lowest BCUT2D eigenvalue weighted by molar-refractivity contribution is 0.174. The van der Waals surface area contributed by atoms with Gasteiger partial charge in [0.15, 0.2) is 0 Å². The molecule has 2 fully saturated rings. The van der Waals surface area contributed by atoms with Crippen molar-refractivity contribution in [2.45, 2.75) is 38.1 Å². The van der Waals surface area contributed by atoms with Crippen LogP contribution in [-0.4, -0.2) is 40.5 Å². The molecule has 1 aromatic heterocycles. The second-order valence-corrected chi connectivity index (χ2v) is 7.40. The second kappa shape index (κ2) is 7.86. The number of aromatic nitrogens is 1. The van der Waals surface area contributed by atoms with Gasteiger partial charge in [-0.3, -0.25) is 4.98 Å². The van der Waals surface area contributed by atoms with E-state index in [2.05, 4.69) is 10.3 Å². The highest BCUT2D eigenvalue weighted by Crippen LogP contribution is 2.30. The van der Waals surface area contributed by atoms with Crippen molar-refractivity contribution in [3.8, 4) is 0 Å². The monoisotopic (exact) mass is 319 g/mol. The molecule has 1 N–H and O–H groups in total. The molecule has 2 amide bonds. The van der Waals surface area contributed by atoms with Gasteiger partial charge in [0, 0.05) is 25.5 Å². The standard InChI is InChI=1S/C17H25N3OS/c21-17(19-12-14-7-11-22-13-14)20-10-3-1-2-4-16(20)15-5-8-18-9-6-15/h5-6,8-9,14,16H,1-4,7,10-13H2,(H,19,21)/t14-,16-/m0/s1. The summed E-state index contributed by atoms with van der Waals surface area (Å²) < 4.78 is 0. The molecule has 2 aliphatic heterocycles. The van der Waals surface area contributed by atoms with Crippen LogP contribution in [0, 0.1) is 5.92 Å². The van der Waals surface area contributed by atoms with E-state index in [0.29, 0.717) is 5.92 Å². The molecule has 1 aromatic rings. The molecule has 3 rings (SSSR count). The first-order valence-electron chi connectivity index (χ1n) is 8.37. The molecular formula is C17H25N3OS. The largest absolute Gasteiger partial charge is 0.338 e. The molecule has 0 saturated carbocycles. The quantitative estimate of drug-likeness (QED) is 0.928. The first-order valence-corrected chi connectivity index (χ1v) is 9.52. The summed E-state index contributed by atoms with van der Waals surface area (Å²) in [7, 11) is 0. The molecule has 0 aromatic carbocycles. The van der Waals surface area contributed by atoms with Gasteiger partial charge in [-0.15, -0.1) is 0 Å². The van der Waals surface area contributed by atoms with E-state index in [1.54, 1.807) is 0 Å². The fourth-order valence-electron chi connectivity index (χ4n) is 3.36. The lowest BCUT2D eigenvalue weighted by Crippen LogP contribution is -2.43. The van der Waals surface area contributed by atoms with Gasteiger partial charge in [-0.05, 0) is 54.4 Å². The SMILES string of the molecule is O=C(NC[C@@H]1CCSC1)N1CCCCC[C@H]1c1ccncc1. The number of nitrogens with zero attached hydrogens (tertiary/aromatic N) is 2. The average Bonchev–Trinajstić information content (AvgIpc) is 2.96. The summed E-state index contributed by atoms with van der Waals surface area (Å²) in [5, 5.41) is 3.18. The number of carbonyl (C=O) groups excluding carboxylic acids is 1. The summed E-state index contributed by atoms with van der Waals surface area (Å²) >= 11 is 2.00. The minimum Gasteiger partial charge on any atom is -0.338 e. The van der Waals surface area contributed by atoms with Crippen molar-refractivity contribution in [3.63, 3.8) is 0 Å². The number of amides is 2. The van der Waals surface area contributed by atoms with Crippen molar-refractivity contribution < 1.29 is 4.79 Å². The van der Waals surface area contributed by atoms with Gasteiger partial charge in [-0.2, -0.15) is 11.8 Å². The van der Waals surface area contributed by atoms with Crippen LogP contribution in [0.1, 0.15) is 43.7 Å². The molecule has 4 nitrogen and oxygen atoms in total. The molecule has 2 atom stereocenters. The molecule has 3 heterocycles. The van der Waals surface area contributed by atoms with Crippen LogP contribution in [0.4, 0.5) is 4.79 Å². The number of thioether (sulfide) groups is 1. The van der Waals surface area contributed by atoms with Crippen LogP contribution < -0.4 is 5.32 Å². The molecule has 0 unspecified atom stereocenters. The normalized spacial score (nSPS) is 25.7. The Kier molecular flexibility index (Phi) is 5.59. The number of likely N-dealkylation sites (tertiary alicyclic amines) is 1. The molecule has 2 aliphatic rings. The Bertz CT molecular complexity index is 476. The van der Waals surface area contributed by atoms with Crippen molar-refractivity contribution in [2.24, 2.45) is 5.92 Å². The van der Waals surface area contributed by atoms with E-state index in [0.717, 1.165) is 25.9 Å². The minimum atomic E-state index is 0.112. The molecule has 22 heavy (non-hydrogen) atoms. The Morgan fingerprint density at radius 1 is 1.27 bits per heavy atom. The second-order valence-electron chi connectivity index (χ2n) is 6.25. The van der Waals surface area contributed by atoms with E-state index < -0.39 is 0 Å². The summed E-state index contributed by atoms with van der Waals surface area (Å²) in [5.41, 5.74) is 1.21. The molecule has 0 aliphatic carbocycles. The zero-order valence-electron chi connectivity index (χ0n) is 13.0. The van der Waals surface area contributed by atoms with Crippen LogP contribution in [0.5, 0.6) is 0 Å². The maximum absolute atomic E-state index is 12.7. The first-order chi connectivity index (χ1) is 10.8. The van der Waals surface area contributed by atoms with Crippen LogP contribution in [0.2, 0.25) is 0 Å². The zero-order valence-corrected chi connectivity index (χ0v) is 13.9.